The first-order valence-electron chi connectivity index (χ1n) is 5.82. The second-order valence-electron chi connectivity index (χ2n) is 4.19. The lowest BCUT2D eigenvalue weighted by molar-refractivity contribution is 0.0992. The van der Waals surface area contributed by atoms with E-state index in [4.69, 9.17) is 4.74 Å². The standard InChI is InChI=1S/C15H11F2IO2/c1-20-15-5-2-9(6-12(15)17)7-14(19)11-4-3-10(16)8-13(11)18/h2-6,8H,7H2,1H3. The van der Waals surface area contributed by atoms with Crippen LogP contribution in [0, 0.1) is 15.2 Å². The number of methoxy groups -OCH3 is 1. The molecule has 0 N–H and O–H groups in total. The molecule has 2 aromatic carbocycles. The molecule has 0 aliphatic heterocycles. The fourth-order valence-electron chi connectivity index (χ4n) is 1.82. The average molecular weight is 388 g/mol. The summed E-state index contributed by atoms with van der Waals surface area (Å²) in [7, 11) is 1.38. The van der Waals surface area contributed by atoms with E-state index in [1.165, 1.54) is 37.4 Å². The normalized spacial score (nSPS) is 10.4. The van der Waals surface area contributed by atoms with Crippen LogP contribution in [0.1, 0.15) is 15.9 Å². The molecule has 0 bridgehead atoms. The first-order chi connectivity index (χ1) is 9.51. The number of Topliss-reactive ketones (excluding diaryl/α,β-unsaturated/α-hetero) is 1. The van der Waals surface area contributed by atoms with Crippen LogP contribution in [0.25, 0.3) is 0 Å². The number of benzene rings is 2. The van der Waals surface area contributed by atoms with Gasteiger partial charge in [0.2, 0.25) is 0 Å². The largest absolute Gasteiger partial charge is 0.494 e. The number of halogens is 3. The molecule has 104 valence electrons. The van der Waals surface area contributed by atoms with Gasteiger partial charge in [0, 0.05) is 15.6 Å². The van der Waals surface area contributed by atoms with Crippen molar-refractivity contribution >= 4 is 28.4 Å². The second kappa shape index (κ2) is 6.30. The zero-order chi connectivity index (χ0) is 14.7. The van der Waals surface area contributed by atoms with Crippen LogP contribution in [-0.2, 0) is 6.42 Å². The number of carbonyl (C=O) groups is 1. The summed E-state index contributed by atoms with van der Waals surface area (Å²) in [4.78, 5) is 12.1. The van der Waals surface area contributed by atoms with Crippen LogP contribution < -0.4 is 4.74 Å². The summed E-state index contributed by atoms with van der Waals surface area (Å²) in [6.07, 6.45) is 0.0581. The highest BCUT2D eigenvalue weighted by molar-refractivity contribution is 14.1. The molecule has 5 heteroatoms. The maximum absolute atomic E-state index is 13.5. The Morgan fingerprint density at radius 3 is 2.55 bits per heavy atom. The summed E-state index contributed by atoms with van der Waals surface area (Å²) in [6.45, 7) is 0. The van der Waals surface area contributed by atoms with Gasteiger partial charge < -0.3 is 4.74 Å². The molecular weight excluding hydrogens is 377 g/mol. The zero-order valence-electron chi connectivity index (χ0n) is 10.6. The first-order valence-corrected chi connectivity index (χ1v) is 6.90. The minimum absolute atomic E-state index is 0.0581. The summed E-state index contributed by atoms with van der Waals surface area (Å²) in [5.41, 5.74) is 0.983. The second-order valence-corrected chi connectivity index (χ2v) is 5.36. The minimum atomic E-state index is -0.508. The van der Waals surface area contributed by atoms with Crippen molar-refractivity contribution in [1.29, 1.82) is 0 Å². The number of ketones is 1. The summed E-state index contributed by atoms with van der Waals surface area (Å²) in [5.74, 6) is -0.940. The highest BCUT2D eigenvalue weighted by Gasteiger charge is 2.13. The SMILES string of the molecule is COc1ccc(CC(=O)c2ccc(F)cc2I)cc1F. The van der Waals surface area contributed by atoms with Gasteiger partial charge in [0.15, 0.2) is 17.3 Å². The van der Waals surface area contributed by atoms with E-state index in [1.807, 2.05) is 22.6 Å². The molecule has 0 saturated carbocycles. The lowest BCUT2D eigenvalue weighted by atomic mass is 10.0. The van der Waals surface area contributed by atoms with Crippen molar-refractivity contribution in [2.75, 3.05) is 7.11 Å². The van der Waals surface area contributed by atoms with E-state index >= 15 is 0 Å². The fraction of sp³-hybridized carbons (Fsp3) is 0.133. The fourth-order valence-corrected chi connectivity index (χ4v) is 2.59. The average Bonchev–Trinajstić information content (AvgIpc) is 2.38. The van der Waals surface area contributed by atoms with E-state index in [2.05, 4.69) is 0 Å². The van der Waals surface area contributed by atoms with E-state index in [9.17, 15) is 13.6 Å². The van der Waals surface area contributed by atoms with Gasteiger partial charge in [-0.05, 0) is 58.5 Å². The van der Waals surface area contributed by atoms with Crippen molar-refractivity contribution in [2.24, 2.45) is 0 Å². The predicted molar refractivity (Wildman–Crippen MR) is 80.1 cm³/mol. The van der Waals surface area contributed by atoms with Crippen molar-refractivity contribution in [3.8, 4) is 5.75 Å². The number of carbonyl (C=O) groups excluding carboxylic acids is 1. The molecule has 0 amide bonds. The Hall–Kier alpha value is -1.50. The molecule has 0 aliphatic rings. The Bertz CT molecular complexity index is 656. The minimum Gasteiger partial charge on any atom is -0.494 e. The van der Waals surface area contributed by atoms with Gasteiger partial charge >= 0.3 is 0 Å². The maximum atomic E-state index is 13.5. The highest BCUT2D eigenvalue weighted by atomic mass is 127. The molecule has 0 radical (unpaired) electrons. The molecule has 0 unspecified atom stereocenters. The third kappa shape index (κ3) is 3.33. The molecular formula is C15H11F2IO2. The summed E-state index contributed by atoms with van der Waals surface area (Å²) in [6, 6.07) is 8.36. The molecule has 2 nitrogen and oxygen atoms in total. The summed E-state index contributed by atoms with van der Waals surface area (Å²) in [5, 5.41) is 0. The maximum Gasteiger partial charge on any atom is 0.168 e. The van der Waals surface area contributed by atoms with Gasteiger partial charge in [-0.2, -0.15) is 0 Å². The lowest BCUT2D eigenvalue weighted by Crippen LogP contribution is -2.06. The topological polar surface area (TPSA) is 26.3 Å². The smallest absolute Gasteiger partial charge is 0.168 e. The van der Waals surface area contributed by atoms with E-state index in [-0.39, 0.29) is 23.8 Å². The van der Waals surface area contributed by atoms with E-state index in [1.54, 1.807) is 6.07 Å². The van der Waals surface area contributed by atoms with E-state index in [0.717, 1.165) is 0 Å². The van der Waals surface area contributed by atoms with Gasteiger partial charge in [-0.3, -0.25) is 4.79 Å². The van der Waals surface area contributed by atoms with Gasteiger partial charge in [-0.25, -0.2) is 8.78 Å². The number of ether oxygens (including phenoxy) is 1. The Balaban J connectivity index is 2.21. The molecule has 0 fully saturated rings. The number of hydrogen-bond acceptors (Lipinski definition) is 2. The van der Waals surface area contributed by atoms with Crippen LogP contribution in [0.2, 0.25) is 0 Å². The lowest BCUT2D eigenvalue weighted by Gasteiger charge is -2.06. The van der Waals surface area contributed by atoms with Gasteiger partial charge in [-0.1, -0.05) is 6.07 Å². The molecule has 2 aromatic rings. The molecule has 0 aliphatic carbocycles. The van der Waals surface area contributed by atoms with Crippen LogP contribution in [0.5, 0.6) is 5.75 Å². The molecule has 0 saturated heterocycles. The number of hydrogen-bond donors (Lipinski definition) is 0. The predicted octanol–water partition coefficient (Wildman–Crippen LogP) is 4.00. The van der Waals surface area contributed by atoms with Crippen molar-refractivity contribution in [3.63, 3.8) is 0 Å². The van der Waals surface area contributed by atoms with Crippen molar-refractivity contribution in [1.82, 2.24) is 0 Å². The van der Waals surface area contributed by atoms with Gasteiger partial charge in [0.25, 0.3) is 0 Å². The van der Waals surface area contributed by atoms with Gasteiger partial charge in [-0.15, -0.1) is 0 Å². The Morgan fingerprint density at radius 1 is 1.20 bits per heavy atom. The van der Waals surface area contributed by atoms with Crippen LogP contribution >= 0.6 is 22.6 Å². The van der Waals surface area contributed by atoms with Crippen molar-refractivity contribution in [2.45, 2.75) is 6.42 Å². The third-order valence-corrected chi connectivity index (χ3v) is 3.70. The first kappa shape index (κ1) is 14.9. The van der Waals surface area contributed by atoms with Crippen LogP contribution in [0.4, 0.5) is 8.78 Å². The summed E-state index contributed by atoms with van der Waals surface area (Å²) >= 11 is 1.91. The van der Waals surface area contributed by atoms with E-state index < -0.39 is 5.82 Å². The molecule has 0 spiro atoms. The monoisotopic (exact) mass is 388 g/mol. The summed E-state index contributed by atoms with van der Waals surface area (Å²) < 4.78 is 31.9. The third-order valence-electron chi connectivity index (χ3n) is 2.81. The van der Waals surface area contributed by atoms with Crippen LogP contribution in [-0.4, -0.2) is 12.9 Å². The Morgan fingerprint density at radius 2 is 1.95 bits per heavy atom. The van der Waals surface area contributed by atoms with E-state index in [0.29, 0.717) is 14.7 Å². The molecule has 0 aromatic heterocycles. The molecule has 20 heavy (non-hydrogen) atoms. The van der Waals surface area contributed by atoms with Crippen molar-refractivity contribution < 1.29 is 18.3 Å². The Kier molecular flexibility index (Phi) is 4.69. The van der Waals surface area contributed by atoms with Crippen molar-refractivity contribution in [3.05, 3.63) is 62.7 Å². The zero-order valence-corrected chi connectivity index (χ0v) is 12.8. The highest BCUT2D eigenvalue weighted by Crippen LogP contribution is 2.20. The van der Waals surface area contributed by atoms with Gasteiger partial charge in [0.1, 0.15) is 5.82 Å². The van der Waals surface area contributed by atoms with Crippen LogP contribution in [0.3, 0.4) is 0 Å². The van der Waals surface area contributed by atoms with Crippen LogP contribution in [0.15, 0.2) is 36.4 Å². The molecule has 0 heterocycles. The number of rotatable bonds is 4. The molecule has 0 atom stereocenters. The quantitative estimate of drug-likeness (QED) is 0.585. The Labute approximate surface area is 128 Å². The van der Waals surface area contributed by atoms with Gasteiger partial charge in [0.05, 0.1) is 7.11 Å². The molecule has 2 rings (SSSR count).